The fraction of sp³-hybridized carbons (Fsp3) is 0.647. The first-order valence-corrected chi connectivity index (χ1v) is 9.25. The quantitative estimate of drug-likeness (QED) is 0.137. The van der Waals surface area contributed by atoms with Crippen molar-refractivity contribution < 1.29 is 44.1 Å². The number of nitrogens with one attached hydrogen (secondary N) is 3. The van der Waals surface area contributed by atoms with Crippen molar-refractivity contribution in [1.29, 1.82) is 0 Å². The lowest BCUT2D eigenvalue weighted by molar-refractivity contribution is -0.145. The zero-order chi connectivity index (χ0) is 24.5. The van der Waals surface area contributed by atoms with Gasteiger partial charge >= 0.3 is 11.9 Å². The van der Waals surface area contributed by atoms with Crippen LogP contribution in [0.5, 0.6) is 0 Å². The molecule has 0 aromatic heterocycles. The number of carbonyl (C=O) groups excluding carboxylic acids is 4. The van der Waals surface area contributed by atoms with E-state index in [1.54, 1.807) is 13.8 Å². The molecule has 31 heavy (non-hydrogen) atoms. The molecule has 0 bridgehead atoms. The number of amides is 4. The number of nitrogens with two attached hydrogens (primary N) is 2. The molecule has 0 fully saturated rings. The van der Waals surface area contributed by atoms with Gasteiger partial charge in [-0.15, -0.1) is 0 Å². The molecule has 0 saturated heterocycles. The van der Waals surface area contributed by atoms with Crippen LogP contribution in [0.1, 0.15) is 33.6 Å². The fourth-order valence-corrected chi connectivity index (χ4v) is 2.28. The van der Waals surface area contributed by atoms with Gasteiger partial charge in [0.1, 0.15) is 18.1 Å². The van der Waals surface area contributed by atoms with E-state index in [1.165, 1.54) is 0 Å². The summed E-state index contributed by atoms with van der Waals surface area (Å²) in [5.74, 6) is -7.46. The van der Waals surface area contributed by atoms with Crippen LogP contribution in [0.4, 0.5) is 0 Å². The van der Waals surface area contributed by atoms with Gasteiger partial charge in [0, 0.05) is 0 Å². The average Bonchev–Trinajstić information content (AvgIpc) is 2.62. The second-order valence-corrected chi connectivity index (χ2v) is 7.23. The van der Waals surface area contributed by atoms with Gasteiger partial charge in [-0.05, 0) is 12.8 Å². The van der Waals surface area contributed by atoms with Crippen LogP contribution in [0.25, 0.3) is 0 Å². The first kappa shape index (κ1) is 27.7. The van der Waals surface area contributed by atoms with E-state index < -0.39 is 78.7 Å². The smallest absolute Gasteiger partial charge is 0.326 e. The van der Waals surface area contributed by atoms with Crippen molar-refractivity contribution in [3.8, 4) is 0 Å². The predicted molar refractivity (Wildman–Crippen MR) is 104 cm³/mol. The number of rotatable bonds is 13. The Labute approximate surface area is 177 Å². The zero-order valence-corrected chi connectivity index (χ0v) is 17.3. The minimum atomic E-state index is -1.73. The molecule has 0 aliphatic rings. The van der Waals surface area contributed by atoms with E-state index in [9.17, 15) is 33.9 Å². The fourth-order valence-electron chi connectivity index (χ4n) is 2.28. The number of carbonyl (C=O) groups is 6. The molecule has 14 nitrogen and oxygen atoms in total. The number of primary amides is 1. The topological polar surface area (TPSA) is 251 Å². The van der Waals surface area contributed by atoms with E-state index >= 15 is 0 Å². The summed E-state index contributed by atoms with van der Waals surface area (Å²) in [5.41, 5.74) is 10.6. The molecule has 0 heterocycles. The summed E-state index contributed by atoms with van der Waals surface area (Å²) in [4.78, 5) is 70.2. The third-order valence-corrected chi connectivity index (χ3v) is 4.12. The second-order valence-electron chi connectivity index (χ2n) is 7.23. The van der Waals surface area contributed by atoms with E-state index in [1.807, 2.05) is 5.32 Å². The Morgan fingerprint density at radius 1 is 0.806 bits per heavy atom. The van der Waals surface area contributed by atoms with Crippen LogP contribution in [0.2, 0.25) is 0 Å². The van der Waals surface area contributed by atoms with E-state index in [4.69, 9.17) is 21.7 Å². The van der Waals surface area contributed by atoms with E-state index in [-0.39, 0.29) is 5.92 Å². The number of aliphatic carboxylic acids is 2. The summed E-state index contributed by atoms with van der Waals surface area (Å²) < 4.78 is 0. The lowest BCUT2D eigenvalue weighted by Crippen LogP contribution is -2.60. The Bertz CT molecular complexity index is 710. The number of hydrogen-bond donors (Lipinski definition) is 8. The van der Waals surface area contributed by atoms with Crippen molar-refractivity contribution in [1.82, 2.24) is 16.0 Å². The van der Waals surface area contributed by atoms with Crippen LogP contribution in [-0.2, 0) is 28.8 Å². The molecule has 0 aromatic carbocycles. The Kier molecular flexibility index (Phi) is 11.1. The number of hydrogen-bond acceptors (Lipinski definition) is 8. The standard InChI is InChI=1S/C17H29N5O9/c1-6(2)12(19)15(28)20-8(5-11(25)26)14(27)22-13(7(3)23)16(29)21-9(17(30)31)4-10(18)24/h6-9,12-13,23H,4-5,19H2,1-3H3,(H2,18,24)(H,20,28)(H,21,29)(H,22,27)(H,25,26)(H,30,31). The molecule has 0 rings (SSSR count). The van der Waals surface area contributed by atoms with E-state index in [0.717, 1.165) is 6.92 Å². The number of aliphatic hydroxyl groups is 1. The maximum absolute atomic E-state index is 12.5. The summed E-state index contributed by atoms with van der Waals surface area (Å²) in [7, 11) is 0. The highest BCUT2D eigenvalue weighted by Crippen LogP contribution is 2.03. The molecule has 0 aromatic rings. The Balaban J connectivity index is 5.48. The van der Waals surface area contributed by atoms with Gasteiger partial charge < -0.3 is 42.7 Å². The van der Waals surface area contributed by atoms with Gasteiger partial charge in [0.15, 0.2) is 0 Å². The minimum absolute atomic E-state index is 0.317. The molecular formula is C17H29N5O9. The highest BCUT2D eigenvalue weighted by atomic mass is 16.4. The first-order chi connectivity index (χ1) is 14.2. The molecule has 0 aliphatic carbocycles. The Hall–Kier alpha value is -3.26. The number of carboxylic acids is 2. The third-order valence-electron chi connectivity index (χ3n) is 4.12. The largest absolute Gasteiger partial charge is 0.481 e. The van der Waals surface area contributed by atoms with Gasteiger partial charge in [-0.1, -0.05) is 13.8 Å². The lowest BCUT2D eigenvalue weighted by Gasteiger charge is -2.26. The molecule has 10 N–H and O–H groups in total. The average molecular weight is 447 g/mol. The molecule has 0 saturated carbocycles. The van der Waals surface area contributed by atoms with Crippen molar-refractivity contribution in [3.63, 3.8) is 0 Å². The number of aliphatic hydroxyl groups excluding tert-OH is 1. The monoisotopic (exact) mass is 447 g/mol. The van der Waals surface area contributed by atoms with Gasteiger partial charge in [0.05, 0.1) is 25.0 Å². The second kappa shape index (κ2) is 12.4. The first-order valence-electron chi connectivity index (χ1n) is 9.25. The zero-order valence-electron chi connectivity index (χ0n) is 17.3. The van der Waals surface area contributed by atoms with Crippen LogP contribution >= 0.6 is 0 Å². The van der Waals surface area contributed by atoms with Crippen LogP contribution in [0.15, 0.2) is 0 Å². The SMILES string of the molecule is CC(C)C(N)C(=O)NC(CC(=O)O)C(=O)NC(C(=O)NC(CC(N)=O)C(=O)O)C(C)O. The normalized spacial score (nSPS) is 15.7. The van der Waals surface area contributed by atoms with Crippen LogP contribution in [-0.4, -0.2) is 81.2 Å². The van der Waals surface area contributed by atoms with Gasteiger partial charge in [-0.25, -0.2) is 4.79 Å². The molecule has 0 spiro atoms. The highest BCUT2D eigenvalue weighted by Gasteiger charge is 2.34. The Morgan fingerprint density at radius 3 is 1.71 bits per heavy atom. The summed E-state index contributed by atoms with van der Waals surface area (Å²) >= 11 is 0. The van der Waals surface area contributed by atoms with Crippen molar-refractivity contribution in [2.24, 2.45) is 17.4 Å². The van der Waals surface area contributed by atoms with Crippen LogP contribution in [0, 0.1) is 5.92 Å². The van der Waals surface area contributed by atoms with E-state index in [0.29, 0.717) is 0 Å². The lowest BCUT2D eigenvalue weighted by atomic mass is 10.0. The molecule has 0 radical (unpaired) electrons. The predicted octanol–water partition coefficient (Wildman–Crippen LogP) is -3.76. The van der Waals surface area contributed by atoms with Gasteiger partial charge in [0.2, 0.25) is 23.6 Å². The molecule has 4 amide bonds. The minimum Gasteiger partial charge on any atom is -0.481 e. The van der Waals surface area contributed by atoms with Crippen molar-refractivity contribution in [2.75, 3.05) is 0 Å². The summed E-state index contributed by atoms with van der Waals surface area (Å²) in [5, 5.41) is 34.1. The molecule has 5 atom stereocenters. The summed E-state index contributed by atoms with van der Waals surface area (Å²) in [6.07, 6.45) is -3.14. The number of carboxylic acid groups (broad SMARTS) is 2. The van der Waals surface area contributed by atoms with Gasteiger partial charge in [-0.2, -0.15) is 0 Å². The van der Waals surface area contributed by atoms with Gasteiger partial charge in [0.25, 0.3) is 0 Å². The van der Waals surface area contributed by atoms with Crippen molar-refractivity contribution in [2.45, 2.75) is 63.9 Å². The summed E-state index contributed by atoms with van der Waals surface area (Å²) in [6, 6.07) is -6.12. The summed E-state index contributed by atoms with van der Waals surface area (Å²) in [6.45, 7) is 4.37. The molecule has 14 heteroatoms. The van der Waals surface area contributed by atoms with Crippen molar-refractivity contribution >= 4 is 35.6 Å². The maximum atomic E-state index is 12.5. The van der Waals surface area contributed by atoms with Crippen molar-refractivity contribution in [3.05, 3.63) is 0 Å². The maximum Gasteiger partial charge on any atom is 0.326 e. The van der Waals surface area contributed by atoms with Gasteiger partial charge in [-0.3, -0.25) is 24.0 Å². The van der Waals surface area contributed by atoms with E-state index in [2.05, 4.69) is 10.6 Å². The highest BCUT2D eigenvalue weighted by molar-refractivity contribution is 5.96. The molecule has 5 unspecified atom stereocenters. The molecule has 0 aliphatic heterocycles. The third kappa shape index (κ3) is 9.86. The van der Waals surface area contributed by atoms with Crippen LogP contribution in [0.3, 0.4) is 0 Å². The van der Waals surface area contributed by atoms with Crippen LogP contribution < -0.4 is 27.4 Å². The molecule has 176 valence electrons. The Morgan fingerprint density at radius 2 is 1.32 bits per heavy atom. The molecular weight excluding hydrogens is 418 g/mol.